The summed E-state index contributed by atoms with van der Waals surface area (Å²) in [5, 5.41) is 11.6. The molecule has 0 aromatic heterocycles. The predicted octanol–water partition coefficient (Wildman–Crippen LogP) is 0.735. The molecule has 1 fully saturated rings. The van der Waals surface area contributed by atoms with E-state index in [1.54, 1.807) is 0 Å². The zero-order chi connectivity index (χ0) is 14.7. The van der Waals surface area contributed by atoms with E-state index in [4.69, 9.17) is 5.11 Å². The smallest absolute Gasteiger partial charge is 0.335 e. The molecule has 20 heavy (non-hydrogen) atoms. The lowest BCUT2D eigenvalue weighted by Gasteiger charge is -2.34. The monoisotopic (exact) mass is 276 g/mol. The molecule has 1 aromatic rings. The molecule has 0 radical (unpaired) electrons. The molecule has 106 valence electrons. The molecule has 0 unspecified atom stereocenters. The van der Waals surface area contributed by atoms with E-state index in [1.807, 2.05) is 6.92 Å². The zero-order valence-electron chi connectivity index (χ0n) is 11.1. The lowest BCUT2D eigenvalue weighted by Crippen LogP contribution is -2.56. The summed E-state index contributed by atoms with van der Waals surface area (Å²) in [4.78, 5) is 36.4. The van der Waals surface area contributed by atoms with E-state index in [0.29, 0.717) is 25.1 Å². The Morgan fingerprint density at radius 2 is 1.90 bits per heavy atom. The van der Waals surface area contributed by atoms with Gasteiger partial charge in [-0.25, -0.2) is 4.79 Å². The molecule has 1 aliphatic heterocycles. The van der Waals surface area contributed by atoms with E-state index in [2.05, 4.69) is 5.32 Å². The van der Waals surface area contributed by atoms with Crippen LogP contribution in [-0.2, 0) is 4.79 Å². The van der Waals surface area contributed by atoms with Crippen molar-refractivity contribution in [1.29, 1.82) is 0 Å². The molecule has 1 heterocycles. The maximum Gasteiger partial charge on any atom is 0.335 e. The topological polar surface area (TPSA) is 86.7 Å². The first-order valence-corrected chi connectivity index (χ1v) is 6.46. The number of nitrogens with zero attached hydrogens (tertiary/aromatic N) is 1. The van der Waals surface area contributed by atoms with Gasteiger partial charge in [-0.15, -0.1) is 0 Å². The lowest BCUT2D eigenvalue weighted by atomic mass is 10.1. The molecular weight excluding hydrogens is 260 g/mol. The van der Waals surface area contributed by atoms with Crippen LogP contribution in [-0.4, -0.2) is 46.9 Å². The van der Waals surface area contributed by atoms with Gasteiger partial charge in [-0.05, 0) is 30.7 Å². The standard InChI is InChI=1S/C14H16N2O4/c1-2-11-12(17)15-7-8-16(11)13(18)9-3-5-10(6-4-9)14(19)20/h3-6,11H,2,7-8H2,1H3,(H,15,17)(H,19,20)/t11-/m0/s1. The Kier molecular flexibility index (Phi) is 4.02. The van der Waals surface area contributed by atoms with E-state index >= 15 is 0 Å². The van der Waals surface area contributed by atoms with E-state index in [9.17, 15) is 14.4 Å². The fourth-order valence-electron chi connectivity index (χ4n) is 2.28. The molecule has 6 nitrogen and oxygen atoms in total. The molecule has 1 atom stereocenters. The number of amides is 2. The number of hydrogen-bond acceptors (Lipinski definition) is 3. The normalized spacial score (nSPS) is 18.6. The number of hydrogen-bond donors (Lipinski definition) is 2. The highest BCUT2D eigenvalue weighted by molar-refractivity contribution is 5.99. The Balaban J connectivity index is 2.21. The second kappa shape index (κ2) is 5.73. The van der Waals surface area contributed by atoms with E-state index in [1.165, 1.54) is 29.2 Å². The maximum absolute atomic E-state index is 12.4. The van der Waals surface area contributed by atoms with E-state index in [0.717, 1.165) is 0 Å². The van der Waals surface area contributed by atoms with Crippen LogP contribution in [0.4, 0.5) is 0 Å². The molecule has 0 aliphatic carbocycles. The second-order valence-electron chi connectivity index (χ2n) is 4.60. The summed E-state index contributed by atoms with van der Waals surface area (Å²) in [6.45, 7) is 2.75. The Labute approximate surface area is 116 Å². The molecule has 0 spiro atoms. The van der Waals surface area contributed by atoms with Crippen molar-refractivity contribution in [2.45, 2.75) is 19.4 Å². The number of carboxylic acids is 1. The highest BCUT2D eigenvalue weighted by Crippen LogP contribution is 2.14. The van der Waals surface area contributed by atoms with Crippen LogP contribution in [0.1, 0.15) is 34.1 Å². The third-order valence-corrected chi connectivity index (χ3v) is 3.36. The van der Waals surface area contributed by atoms with Crippen LogP contribution >= 0.6 is 0 Å². The van der Waals surface area contributed by atoms with Crippen LogP contribution in [0, 0.1) is 0 Å². The third-order valence-electron chi connectivity index (χ3n) is 3.36. The van der Waals surface area contributed by atoms with Crippen molar-refractivity contribution in [3.63, 3.8) is 0 Å². The summed E-state index contributed by atoms with van der Waals surface area (Å²) in [5.41, 5.74) is 0.521. The zero-order valence-corrected chi connectivity index (χ0v) is 11.1. The quantitative estimate of drug-likeness (QED) is 0.852. The van der Waals surface area contributed by atoms with Gasteiger partial charge < -0.3 is 15.3 Å². The summed E-state index contributed by atoms with van der Waals surface area (Å²) in [7, 11) is 0. The molecule has 0 saturated carbocycles. The SMILES string of the molecule is CC[C@H]1C(=O)NCCN1C(=O)c1ccc(C(=O)O)cc1. The number of carbonyl (C=O) groups is 3. The molecular formula is C14H16N2O4. The minimum atomic E-state index is -1.03. The van der Waals surface area contributed by atoms with Crippen LogP contribution in [0.2, 0.25) is 0 Å². The number of carboxylic acid groups (broad SMARTS) is 1. The van der Waals surface area contributed by atoms with Crippen molar-refractivity contribution < 1.29 is 19.5 Å². The Morgan fingerprint density at radius 3 is 2.45 bits per heavy atom. The van der Waals surface area contributed by atoms with Gasteiger partial charge in [0.2, 0.25) is 5.91 Å². The number of rotatable bonds is 3. The molecule has 1 saturated heterocycles. The van der Waals surface area contributed by atoms with Crippen molar-refractivity contribution in [2.24, 2.45) is 0 Å². The van der Waals surface area contributed by atoms with Gasteiger partial charge >= 0.3 is 5.97 Å². The molecule has 6 heteroatoms. The number of benzene rings is 1. The highest BCUT2D eigenvalue weighted by atomic mass is 16.4. The summed E-state index contributed by atoms with van der Waals surface area (Å²) in [5.74, 6) is -1.43. The fourth-order valence-corrected chi connectivity index (χ4v) is 2.28. The number of piperazine rings is 1. The third kappa shape index (κ3) is 2.64. The van der Waals surface area contributed by atoms with Crippen molar-refractivity contribution in [3.8, 4) is 0 Å². The first-order chi connectivity index (χ1) is 9.54. The van der Waals surface area contributed by atoms with Crippen molar-refractivity contribution in [3.05, 3.63) is 35.4 Å². The van der Waals surface area contributed by atoms with Gasteiger partial charge in [0.05, 0.1) is 5.56 Å². The van der Waals surface area contributed by atoms with Gasteiger partial charge in [0, 0.05) is 18.7 Å². The molecule has 2 N–H and O–H groups in total. The van der Waals surface area contributed by atoms with Crippen LogP contribution in [0.5, 0.6) is 0 Å². The summed E-state index contributed by atoms with van der Waals surface area (Å²) in [6.07, 6.45) is 0.546. The van der Waals surface area contributed by atoms with Crippen LogP contribution in [0.15, 0.2) is 24.3 Å². The van der Waals surface area contributed by atoms with Crippen molar-refractivity contribution in [2.75, 3.05) is 13.1 Å². The van der Waals surface area contributed by atoms with Gasteiger partial charge in [-0.3, -0.25) is 9.59 Å². The first kappa shape index (κ1) is 14.0. The summed E-state index contributed by atoms with van der Waals surface area (Å²) in [6, 6.07) is 5.27. The predicted molar refractivity (Wildman–Crippen MR) is 71.5 cm³/mol. The van der Waals surface area contributed by atoms with E-state index in [-0.39, 0.29) is 17.4 Å². The maximum atomic E-state index is 12.4. The second-order valence-corrected chi connectivity index (χ2v) is 4.60. The lowest BCUT2D eigenvalue weighted by molar-refractivity contribution is -0.127. The van der Waals surface area contributed by atoms with Gasteiger partial charge in [-0.1, -0.05) is 6.92 Å². The number of aromatic carboxylic acids is 1. The fraction of sp³-hybridized carbons (Fsp3) is 0.357. The van der Waals surface area contributed by atoms with Gasteiger partial charge in [-0.2, -0.15) is 0 Å². The van der Waals surface area contributed by atoms with E-state index < -0.39 is 12.0 Å². The Bertz CT molecular complexity index is 539. The van der Waals surface area contributed by atoms with Gasteiger partial charge in [0.25, 0.3) is 5.91 Å². The van der Waals surface area contributed by atoms with Gasteiger partial charge in [0.1, 0.15) is 6.04 Å². The molecule has 1 aliphatic rings. The Morgan fingerprint density at radius 1 is 1.30 bits per heavy atom. The molecule has 2 rings (SSSR count). The van der Waals surface area contributed by atoms with Gasteiger partial charge in [0.15, 0.2) is 0 Å². The Hall–Kier alpha value is -2.37. The first-order valence-electron chi connectivity index (χ1n) is 6.46. The highest BCUT2D eigenvalue weighted by Gasteiger charge is 2.31. The summed E-state index contributed by atoms with van der Waals surface area (Å²) < 4.78 is 0. The van der Waals surface area contributed by atoms with Crippen molar-refractivity contribution in [1.82, 2.24) is 10.2 Å². The van der Waals surface area contributed by atoms with Crippen molar-refractivity contribution >= 4 is 17.8 Å². The molecule has 2 amide bonds. The average Bonchev–Trinajstić information content (AvgIpc) is 2.46. The largest absolute Gasteiger partial charge is 0.478 e. The average molecular weight is 276 g/mol. The number of carbonyl (C=O) groups excluding carboxylic acids is 2. The minimum Gasteiger partial charge on any atom is -0.478 e. The minimum absolute atomic E-state index is 0.130. The molecule has 0 bridgehead atoms. The number of nitrogens with one attached hydrogen (secondary N) is 1. The molecule has 1 aromatic carbocycles. The van der Waals surface area contributed by atoms with Crippen LogP contribution in [0.25, 0.3) is 0 Å². The summed E-state index contributed by atoms with van der Waals surface area (Å²) >= 11 is 0. The van der Waals surface area contributed by atoms with Crippen LogP contribution < -0.4 is 5.32 Å². The van der Waals surface area contributed by atoms with Crippen LogP contribution in [0.3, 0.4) is 0 Å².